The van der Waals surface area contributed by atoms with Crippen molar-refractivity contribution in [2.75, 3.05) is 19.5 Å². The van der Waals surface area contributed by atoms with E-state index in [9.17, 15) is 14.4 Å². The Bertz CT molecular complexity index is 1380. The standard InChI is InChI=1S/C29H31ClN4O4/c1-19-6-9-23(10-7-19)32-29(37)27(14-21-16-31-34(4)17-21)33(3)18-28(38-5)25(12-13-35)26-15-22(30)8-11-24(26)20(2)36/h6-13,15-18,27H,14H2,1-5H3,(H,32,37)/b25-12-,28-18+. The van der Waals surface area contributed by atoms with Crippen molar-refractivity contribution in [1.29, 1.82) is 0 Å². The number of hydrogen-bond acceptors (Lipinski definition) is 6. The normalized spacial score (nSPS) is 12.6. The summed E-state index contributed by atoms with van der Waals surface area (Å²) < 4.78 is 7.34. The minimum absolute atomic E-state index is 0.191. The number of likely N-dealkylation sites (N-methyl/N-ethyl adjacent to an activating group) is 1. The fourth-order valence-corrected chi connectivity index (χ4v) is 4.18. The lowest BCUT2D eigenvalue weighted by Crippen LogP contribution is -2.41. The van der Waals surface area contributed by atoms with E-state index in [1.165, 1.54) is 20.1 Å². The van der Waals surface area contributed by atoms with E-state index in [4.69, 9.17) is 16.3 Å². The molecular formula is C29H31ClN4O4. The molecule has 0 saturated carbocycles. The third-order valence-corrected chi connectivity index (χ3v) is 6.23. The zero-order valence-electron chi connectivity index (χ0n) is 22.1. The van der Waals surface area contributed by atoms with Gasteiger partial charge in [0.2, 0.25) is 5.91 Å². The third kappa shape index (κ3) is 7.20. The van der Waals surface area contributed by atoms with Crippen molar-refractivity contribution in [2.45, 2.75) is 26.3 Å². The number of benzene rings is 2. The van der Waals surface area contributed by atoms with Gasteiger partial charge in [-0.25, -0.2) is 0 Å². The summed E-state index contributed by atoms with van der Waals surface area (Å²) in [5, 5.41) is 7.60. The third-order valence-electron chi connectivity index (χ3n) is 5.99. The van der Waals surface area contributed by atoms with Gasteiger partial charge >= 0.3 is 0 Å². The molecule has 1 N–H and O–H groups in total. The van der Waals surface area contributed by atoms with Crippen molar-refractivity contribution < 1.29 is 19.1 Å². The average molecular weight is 535 g/mol. The van der Waals surface area contributed by atoms with Crippen molar-refractivity contribution in [2.24, 2.45) is 7.05 Å². The van der Waals surface area contributed by atoms with Gasteiger partial charge in [0.15, 0.2) is 5.78 Å². The molecule has 0 spiro atoms. The number of hydrogen-bond donors (Lipinski definition) is 1. The summed E-state index contributed by atoms with van der Waals surface area (Å²) in [6.07, 6.45) is 7.48. The minimum Gasteiger partial charge on any atom is -0.495 e. The molecular weight excluding hydrogens is 504 g/mol. The monoisotopic (exact) mass is 534 g/mol. The van der Waals surface area contributed by atoms with Gasteiger partial charge in [0.1, 0.15) is 18.1 Å². The van der Waals surface area contributed by atoms with Gasteiger partial charge in [-0.1, -0.05) is 29.3 Å². The summed E-state index contributed by atoms with van der Waals surface area (Å²) in [5.41, 5.74) is 3.82. The van der Waals surface area contributed by atoms with Gasteiger partial charge in [-0.2, -0.15) is 5.10 Å². The lowest BCUT2D eigenvalue weighted by Gasteiger charge is -2.27. The number of aryl methyl sites for hydroxylation is 2. The van der Waals surface area contributed by atoms with E-state index in [2.05, 4.69) is 10.4 Å². The molecule has 38 heavy (non-hydrogen) atoms. The highest BCUT2D eigenvalue weighted by atomic mass is 35.5. The molecule has 0 aliphatic carbocycles. The van der Waals surface area contributed by atoms with Crippen LogP contribution in [0.1, 0.15) is 34.0 Å². The number of amides is 1. The fraction of sp³-hybridized carbons (Fsp3) is 0.241. The molecule has 0 saturated heterocycles. The highest BCUT2D eigenvalue weighted by molar-refractivity contribution is 6.31. The Morgan fingerprint density at radius 3 is 2.47 bits per heavy atom. The Labute approximate surface area is 227 Å². The first-order valence-electron chi connectivity index (χ1n) is 11.9. The Morgan fingerprint density at radius 2 is 1.89 bits per heavy atom. The SMILES string of the molecule is COC(=C/N(C)C(Cc1cnn(C)c1)C(=O)Nc1ccc(C)cc1)/C(=C\C=O)c1cc(Cl)ccc1C(C)=O. The predicted octanol–water partition coefficient (Wildman–Crippen LogP) is 4.84. The van der Waals surface area contributed by atoms with E-state index in [1.54, 1.807) is 47.2 Å². The van der Waals surface area contributed by atoms with Crippen molar-refractivity contribution in [3.05, 3.63) is 100 Å². The molecule has 8 nitrogen and oxygen atoms in total. The molecule has 0 fully saturated rings. The molecule has 1 amide bonds. The molecule has 1 heterocycles. The van der Waals surface area contributed by atoms with E-state index in [1.807, 2.05) is 44.4 Å². The molecule has 3 aromatic rings. The van der Waals surface area contributed by atoms with Crippen LogP contribution >= 0.6 is 11.6 Å². The molecule has 3 rings (SSSR count). The second-order valence-electron chi connectivity index (χ2n) is 8.92. The molecule has 0 radical (unpaired) electrons. The van der Waals surface area contributed by atoms with Gasteiger partial charge in [0, 0.05) is 54.8 Å². The number of Topliss-reactive ketones (excluding diaryl/α,β-unsaturated/α-hetero) is 1. The highest BCUT2D eigenvalue weighted by Crippen LogP contribution is 2.30. The molecule has 1 aromatic heterocycles. The summed E-state index contributed by atoms with van der Waals surface area (Å²) in [6, 6.07) is 11.7. The van der Waals surface area contributed by atoms with Crippen LogP contribution in [0, 0.1) is 6.92 Å². The summed E-state index contributed by atoms with van der Waals surface area (Å²) in [7, 11) is 5.02. The van der Waals surface area contributed by atoms with E-state index in [0.717, 1.165) is 11.1 Å². The molecule has 0 bridgehead atoms. The van der Waals surface area contributed by atoms with Crippen molar-refractivity contribution >= 4 is 40.8 Å². The zero-order valence-corrected chi connectivity index (χ0v) is 22.8. The number of nitrogens with zero attached hydrogens (tertiary/aromatic N) is 3. The Hall–Kier alpha value is -4.17. The number of anilines is 1. The first-order chi connectivity index (χ1) is 18.1. The van der Waals surface area contributed by atoms with E-state index in [0.29, 0.717) is 40.1 Å². The maximum atomic E-state index is 13.5. The number of rotatable bonds is 11. The number of aromatic nitrogens is 2. The second kappa shape index (κ2) is 12.9. The second-order valence-corrected chi connectivity index (χ2v) is 9.36. The van der Waals surface area contributed by atoms with Gasteiger partial charge in [-0.15, -0.1) is 0 Å². The zero-order chi connectivity index (χ0) is 27.8. The maximum Gasteiger partial charge on any atom is 0.247 e. The van der Waals surface area contributed by atoms with Crippen LogP contribution in [0.3, 0.4) is 0 Å². The van der Waals surface area contributed by atoms with Crippen LogP contribution in [0.4, 0.5) is 5.69 Å². The van der Waals surface area contributed by atoms with Crippen molar-refractivity contribution in [1.82, 2.24) is 14.7 Å². The van der Waals surface area contributed by atoms with E-state index in [-0.39, 0.29) is 17.4 Å². The minimum atomic E-state index is -0.658. The quantitative estimate of drug-likeness (QED) is 0.124. The first kappa shape index (κ1) is 28.4. The number of halogens is 1. The van der Waals surface area contributed by atoms with Gasteiger partial charge < -0.3 is 15.0 Å². The largest absolute Gasteiger partial charge is 0.495 e. The maximum absolute atomic E-state index is 13.5. The van der Waals surface area contributed by atoms with Crippen LogP contribution in [-0.4, -0.2) is 52.9 Å². The Balaban J connectivity index is 2.02. The number of carbonyl (C=O) groups excluding carboxylic acids is 3. The summed E-state index contributed by atoms with van der Waals surface area (Å²) in [5.74, 6) is -0.145. The molecule has 9 heteroatoms. The fourth-order valence-electron chi connectivity index (χ4n) is 4.01. The Kier molecular flexibility index (Phi) is 9.62. The number of ketones is 1. The van der Waals surface area contributed by atoms with Gasteiger partial charge in [-0.05, 0) is 61.4 Å². The number of methoxy groups -OCH3 is 1. The Morgan fingerprint density at radius 1 is 1.18 bits per heavy atom. The summed E-state index contributed by atoms with van der Waals surface area (Å²) >= 11 is 6.23. The van der Waals surface area contributed by atoms with Crippen LogP contribution < -0.4 is 5.32 Å². The van der Waals surface area contributed by atoms with E-state index >= 15 is 0 Å². The summed E-state index contributed by atoms with van der Waals surface area (Å²) in [4.78, 5) is 39.1. The molecule has 2 aromatic carbocycles. The number of carbonyl (C=O) groups is 3. The average Bonchev–Trinajstić information content (AvgIpc) is 3.30. The lowest BCUT2D eigenvalue weighted by atomic mass is 9.95. The first-order valence-corrected chi connectivity index (χ1v) is 12.3. The van der Waals surface area contributed by atoms with Gasteiger partial charge in [-0.3, -0.25) is 19.1 Å². The number of allylic oxidation sites excluding steroid dienone is 2. The molecule has 1 unspecified atom stereocenters. The van der Waals surface area contributed by atoms with E-state index < -0.39 is 6.04 Å². The van der Waals surface area contributed by atoms with Crippen LogP contribution in [0.25, 0.3) is 5.57 Å². The molecule has 198 valence electrons. The lowest BCUT2D eigenvalue weighted by molar-refractivity contribution is -0.120. The van der Waals surface area contributed by atoms with Crippen LogP contribution in [0.15, 0.2) is 72.9 Å². The highest BCUT2D eigenvalue weighted by Gasteiger charge is 2.25. The van der Waals surface area contributed by atoms with Crippen LogP contribution in [0.5, 0.6) is 0 Å². The van der Waals surface area contributed by atoms with Gasteiger partial charge in [0.05, 0.1) is 13.3 Å². The number of aldehydes is 1. The summed E-state index contributed by atoms with van der Waals surface area (Å²) in [6.45, 7) is 3.41. The molecule has 1 atom stereocenters. The van der Waals surface area contributed by atoms with Crippen LogP contribution in [-0.2, 0) is 27.8 Å². The number of ether oxygens (including phenoxy) is 1. The smallest absolute Gasteiger partial charge is 0.247 e. The predicted molar refractivity (Wildman–Crippen MR) is 149 cm³/mol. The molecule has 0 aliphatic heterocycles. The molecule has 0 aliphatic rings. The van der Waals surface area contributed by atoms with Crippen molar-refractivity contribution in [3.8, 4) is 0 Å². The van der Waals surface area contributed by atoms with Crippen molar-refractivity contribution in [3.63, 3.8) is 0 Å². The topological polar surface area (TPSA) is 93.5 Å². The number of nitrogens with one attached hydrogen (secondary N) is 1. The van der Waals surface area contributed by atoms with Gasteiger partial charge in [0.25, 0.3) is 0 Å². The van der Waals surface area contributed by atoms with Crippen LogP contribution in [0.2, 0.25) is 5.02 Å².